The molecule has 1 saturated carbocycles. The Balaban J connectivity index is 1.73. The number of Topliss-reactive ketones (excluding diaryl/α,β-unsaturated/α-hetero) is 2. The third kappa shape index (κ3) is 5.79. The van der Waals surface area contributed by atoms with Crippen molar-refractivity contribution in [3.63, 3.8) is 0 Å². The fourth-order valence-electron chi connectivity index (χ4n) is 3.96. The molecule has 0 saturated heterocycles. The predicted molar refractivity (Wildman–Crippen MR) is 109 cm³/mol. The van der Waals surface area contributed by atoms with Gasteiger partial charge in [0.2, 0.25) is 0 Å². The lowest BCUT2D eigenvalue weighted by Crippen LogP contribution is -2.17. The number of ketones is 2. The summed E-state index contributed by atoms with van der Waals surface area (Å²) >= 11 is 0. The Morgan fingerprint density at radius 1 is 1.07 bits per heavy atom. The van der Waals surface area contributed by atoms with Gasteiger partial charge in [0.05, 0.1) is 11.1 Å². The molecule has 154 valence electrons. The third-order valence-electron chi connectivity index (χ3n) is 5.59. The zero-order valence-corrected chi connectivity index (χ0v) is 17.4. The van der Waals surface area contributed by atoms with E-state index in [1.54, 1.807) is 24.3 Å². The van der Waals surface area contributed by atoms with Crippen LogP contribution in [0, 0.1) is 5.92 Å². The number of aromatic nitrogens is 2. The van der Waals surface area contributed by atoms with Crippen LogP contribution in [-0.4, -0.2) is 36.2 Å². The second kappa shape index (κ2) is 9.39. The van der Waals surface area contributed by atoms with Gasteiger partial charge in [-0.2, -0.15) is 0 Å². The first-order valence-corrected chi connectivity index (χ1v) is 11.9. The monoisotopic (exact) mass is 414 g/mol. The number of benzene rings is 1. The summed E-state index contributed by atoms with van der Waals surface area (Å²) in [7, 11) is -3.28. The minimum Gasteiger partial charge on any atom is -0.299 e. The van der Waals surface area contributed by atoms with Crippen molar-refractivity contribution in [2.75, 3.05) is 6.26 Å². The zero-order chi connectivity index (χ0) is 20.9. The van der Waals surface area contributed by atoms with Crippen LogP contribution in [0.25, 0.3) is 0 Å². The highest BCUT2D eigenvalue weighted by Crippen LogP contribution is 2.35. The molecule has 3 rings (SSSR count). The number of nitrogens with zero attached hydrogens (tertiary/aromatic N) is 2. The molecule has 1 heterocycles. The quantitative estimate of drug-likeness (QED) is 0.580. The van der Waals surface area contributed by atoms with Crippen molar-refractivity contribution in [3.05, 3.63) is 54.1 Å². The van der Waals surface area contributed by atoms with Gasteiger partial charge < -0.3 is 0 Å². The van der Waals surface area contributed by atoms with E-state index in [0.29, 0.717) is 5.92 Å². The lowest BCUT2D eigenvalue weighted by molar-refractivity contribution is -0.120. The second-order valence-electron chi connectivity index (χ2n) is 7.76. The highest BCUT2D eigenvalue weighted by Gasteiger charge is 2.27. The van der Waals surface area contributed by atoms with Gasteiger partial charge in [-0.15, -0.1) is 0 Å². The van der Waals surface area contributed by atoms with Crippen molar-refractivity contribution in [2.24, 2.45) is 5.92 Å². The van der Waals surface area contributed by atoms with E-state index in [1.807, 2.05) is 0 Å². The van der Waals surface area contributed by atoms with Crippen LogP contribution < -0.4 is 0 Å². The average molecular weight is 415 g/mol. The molecule has 1 aliphatic rings. The van der Waals surface area contributed by atoms with Crippen LogP contribution in [0.15, 0.2) is 47.8 Å². The molecule has 0 bridgehead atoms. The number of carbonyl (C=O) groups excluding carboxylic acids is 2. The van der Waals surface area contributed by atoms with E-state index in [4.69, 9.17) is 0 Å². The Kier molecular flexibility index (Phi) is 6.90. The van der Waals surface area contributed by atoms with Crippen LogP contribution in [0.1, 0.15) is 66.9 Å². The van der Waals surface area contributed by atoms with Crippen molar-refractivity contribution >= 4 is 21.4 Å². The first-order valence-electron chi connectivity index (χ1n) is 9.96. The molecule has 0 aliphatic heterocycles. The molecular formula is C22H26N2O4S. The van der Waals surface area contributed by atoms with Crippen LogP contribution in [0.2, 0.25) is 0 Å². The molecular weight excluding hydrogens is 388 g/mol. The minimum atomic E-state index is -3.28. The van der Waals surface area contributed by atoms with E-state index >= 15 is 0 Å². The summed E-state index contributed by atoms with van der Waals surface area (Å²) in [4.78, 5) is 33.5. The maximum absolute atomic E-state index is 13.0. The number of hydrogen-bond donors (Lipinski definition) is 0. The molecule has 0 N–H and O–H groups in total. The Hall–Kier alpha value is -2.41. The summed E-state index contributed by atoms with van der Waals surface area (Å²) in [6.07, 6.45) is 11.1. The molecule has 0 radical (unpaired) electrons. The molecule has 1 aromatic heterocycles. The third-order valence-corrected chi connectivity index (χ3v) is 6.72. The topological polar surface area (TPSA) is 94.1 Å². The van der Waals surface area contributed by atoms with Gasteiger partial charge in [-0.3, -0.25) is 14.6 Å². The van der Waals surface area contributed by atoms with Crippen molar-refractivity contribution in [2.45, 2.75) is 55.8 Å². The lowest BCUT2D eigenvalue weighted by atomic mass is 9.83. The molecule has 2 aromatic rings. The molecule has 1 unspecified atom stereocenters. The van der Waals surface area contributed by atoms with Crippen molar-refractivity contribution < 1.29 is 18.0 Å². The highest BCUT2D eigenvalue weighted by atomic mass is 32.2. The van der Waals surface area contributed by atoms with Gasteiger partial charge in [0.15, 0.2) is 15.6 Å². The van der Waals surface area contributed by atoms with Crippen LogP contribution >= 0.6 is 0 Å². The molecule has 1 aromatic carbocycles. The molecule has 0 spiro atoms. The van der Waals surface area contributed by atoms with E-state index in [9.17, 15) is 18.0 Å². The fourth-order valence-corrected chi connectivity index (χ4v) is 4.59. The standard InChI is InChI=1S/C22H26N2O4S/c1-29(27,28)18-8-6-17(7-9-18)19(14-16-4-2-3-5-16)21(25)10-11-22(26)20-15-23-12-13-24-20/h6-9,12-13,15-16,19H,2-5,10-11,14H2,1H3. The van der Waals surface area contributed by atoms with E-state index in [2.05, 4.69) is 9.97 Å². The van der Waals surface area contributed by atoms with Crippen LogP contribution in [0.5, 0.6) is 0 Å². The maximum Gasteiger partial charge on any atom is 0.183 e. The molecule has 1 fully saturated rings. The van der Waals surface area contributed by atoms with Gasteiger partial charge in [-0.25, -0.2) is 13.4 Å². The van der Waals surface area contributed by atoms with E-state index in [0.717, 1.165) is 24.8 Å². The van der Waals surface area contributed by atoms with Crippen LogP contribution in [-0.2, 0) is 14.6 Å². The van der Waals surface area contributed by atoms with Crippen molar-refractivity contribution in [1.29, 1.82) is 0 Å². The number of sulfone groups is 1. The first-order chi connectivity index (χ1) is 13.8. The summed E-state index contributed by atoms with van der Waals surface area (Å²) in [6, 6.07) is 6.59. The molecule has 1 atom stereocenters. The number of rotatable bonds is 9. The lowest BCUT2D eigenvalue weighted by Gasteiger charge is -2.20. The molecule has 1 aliphatic carbocycles. The average Bonchev–Trinajstić information content (AvgIpc) is 3.23. The van der Waals surface area contributed by atoms with E-state index in [-0.39, 0.29) is 40.9 Å². The van der Waals surface area contributed by atoms with Crippen LogP contribution in [0.3, 0.4) is 0 Å². The zero-order valence-electron chi connectivity index (χ0n) is 16.6. The fraction of sp³-hybridized carbons (Fsp3) is 0.455. The summed E-state index contributed by atoms with van der Waals surface area (Å²) in [5, 5.41) is 0. The largest absolute Gasteiger partial charge is 0.299 e. The Morgan fingerprint density at radius 3 is 2.34 bits per heavy atom. The van der Waals surface area contributed by atoms with Crippen LogP contribution in [0.4, 0.5) is 0 Å². The molecule has 6 nitrogen and oxygen atoms in total. The van der Waals surface area contributed by atoms with Crippen molar-refractivity contribution in [1.82, 2.24) is 9.97 Å². The summed E-state index contributed by atoms with van der Waals surface area (Å²) in [5.41, 5.74) is 1.09. The van der Waals surface area contributed by atoms with E-state index < -0.39 is 9.84 Å². The predicted octanol–water partition coefficient (Wildman–Crippen LogP) is 3.78. The molecule has 0 amide bonds. The molecule has 7 heteroatoms. The normalized spacial score (nSPS) is 15.9. The van der Waals surface area contributed by atoms with Gasteiger partial charge in [0.25, 0.3) is 0 Å². The first kappa shape index (κ1) is 21.3. The number of hydrogen-bond acceptors (Lipinski definition) is 6. The van der Waals surface area contributed by atoms with Gasteiger partial charge in [0, 0.05) is 37.4 Å². The molecule has 29 heavy (non-hydrogen) atoms. The summed E-state index contributed by atoms with van der Waals surface area (Å²) < 4.78 is 23.4. The summed E-state index contributed by atoms with van der Waals surface area (Å²) in [6.45, 7) is 0. The van der Waals surface area contributed by atoms with Gasteiger partial charge in [-0.05, 0) is 30.0 Å². The van der Waals surface area contributed by atoms with Gasteiger partial charge >= 0.3 is 0 Å². The maximum atomic E-state index is 13.0. The second-order valence-corrected chi connectivity index (χ2v) is 9.78. The summed E-state index contributed by atoms with van der Waals surface area (Å²) in [5.74, 6) is -0.00432. The Morgan fingerprint density at radius 2 is 1.76 bits per heavy atom. The Labute approximate surface area is 171 Å². The minimum absolute atomic E-state index is 0.0150. The van der Waals surface area contributed by atoms with Gasteiger partial charge in [0.1, 0.15) is 11.5 Å². The SMILES string of the molecule is CS(=O)(=O)c1ccc(C(CC2CCCC2)C(=O)CCC(=O)c2cnccn2)cc1. The smallest absolute Gasteiger partial charge is 0.183 e. The Bertz CT molecular complexity index is 950. The highest BCUT2D eigenvalue weighted by molar-refractivity contribution is 7.90. The van der Waals surface area contributed by atoms with E-state index in [1.165, 1.54) is 37.7 Å². The van der Waals surface area contributed by atoms with Gasteiger partial charge in [-0.1, -0.05) is 37.8 Å². The number of carbonyl (C=O) groups is 2. The van der Waals surface area contributed by atoms with Crippen molar-refractivity contribution in [3.8, 4) is 0 Å².